The van der Waals surface area contributed by atoms with Gasteiger partial charge in [-0.25, -0.2) is 0 Å². The van der Waals surface area contributed by atoms with Crippen LogP contribution in [-0.4, -0.2) is 140 Å². The van der Waals surface area contributed by atoms with Gasteiger partial charge in [0.1, 0.15) is 48.8 Å². The molecule has 0 spiro atoms. The molecule has 12 unspecified atom stereocenters. The molecule has 1 amide bonds. The summed E-state index contributed by atoms with van der Waals surface area (Å²) < 4.78 is 22.9. The van der Waals surface area contributed by atoms with Crippen molar-refractivity contribution < 1.29 is 64.6 Å². The molecular weight excluding hydrogens is 1170 g/mol. The number of ether oxygens (including phenoxy) is 4. The minimum atomic E-state index is -1.79. The number of amides is 1. The molecule has 0 aromatic carbocycles. The van der Waals surface area contributed by atoms with Crippen LogP contribution in [0, 0.1) is 0 Å². The third-order valence-corrected chi connectivity index (χ3v) is 19.6. The Kier molecular flexibility index (Phi) is 59.7. The lowest BCUT2D eigenvalue weighted by atomic mass is 9.97. The van der Waals surface area contributed by atoms with Gasteiger partial charge in [-0.2, -0.15) is 0 Å². The molecule has 2 fully saturated rings. The lowest BCUT2D eigenvalue weighted by Gasteiger charge is -2.46. The van der Waals surface area contributed by atoms with E-state index in [0.29, 0.717) is 12.8 Å². The first-order valence-corrected chi connectivity index (χ1v) is 39.7. The molecule has 0 saturated carbocycles. The van der Waals surface area contributed by atoms with Crippen molar-refractivity contribution in [2.75, 3.05) is 19.8 Å². The van der Waals surface area contributed by atoms with Crippen LogP contribution in [0.5, 0.6) is 0 Å². The Labute approximate surface area is 570 Å². The van der Waals surface area contributed by atoms with E-state index < -0.39 is 86.8 Å². The maximum Gasteiger partial charge on any atom is 0.220 e. The number of carbonyl (C=O) groups is 1. The van der Waals surface area contributed by atoms with Crippen LogP contribution in [-0.2, 0) is 23.7 Å². The molecule has 14 heteroatoms. The van der Waals surface area contributed by atoms with Crippen molar-refractivity contribution in [2.45, 2.75) is 441 Å². The molecule has 12 atom stereocenters. The second-order valence-electron chi connectivity index (χ2n) is 28.2. The van der Waals surface area contributed by atoms with Crippen molar-refractivity contribution in [1.82, 2.24) is 5.32 Å². The van der Waals surface area contributed by atoms with Gasteiger partial charge < -0.3 is 65.1 Å². The third-order valence-electron chi connectivity index (χ3n) is 19.6. The van der Waals surface area contributed by atoms with E-state index in [1.807, 2.05) is 6.08 Å². The molecule has 2 rings (SSSR count). The van der Waals surface area contributed by atoms with Crippen LogP contribution >= 0.6 is 0 Å². The highest BCUT2D eigenvalue weighted by molar-refractivity contribution is 5.76. The van der Waals surface area contributed by atoms with Crippen LogP contribution in [0.15, 0.2) is 36.5 Å². The predicted octanol–water partition coefficient (Wildman–Crippen LogP) is 17.6. The Morgan fingerprint density at radius 1 is 0.376 bits per heavy atom. The quantitative estimate of drug-likeness (QED) is 0.0204. The first-order chi connectivity index (χ1) is 45.6. The first kappa shape index (κ1) is 87.3. The minimum Gasteiger partial charge on any atom is -0.394 e. The van der Waals surface area contributed by atoms with Crippen molar-refractivity contribution >= 4 is 5.91 Å². The van der Waals surface area contributed by atoms with Crippen LogP contribution in [0.25, 0.3) is 0 Å². The summed E-state index contributed by atoms with van der Waals surface area (Å²) in [6.07, 6.45) is 66.6. The summed E-state index contributed by atoms with van der Waals surface area (Å²) in [6.45, 7) is 2.84. The summed E-state index contributed by atoms with van der Waals surface area (Å²) in [6, 6.07) is -0.938. The van der Waals surface area contributed by atoms with Crippen molar-refractivity contribution in [1.29, 1.82) is 0 Å². The number of aliphatic hydroxyl groups is 8. The molecule has 2 aliphatic heterocycles. The normalized spacial score (nSPS) is 22.7. The van der Waals surface area contributed by atoms with Crippen molar-refractivity contribution in [3.63, 3.8) is 0 Å². The maximum atomic E-state index is 13.4. The van der Waals surface area contributed by atoms with Gasteiger partial charge in [-0.15, -0.1) is 0 Å². The fraction of sp³-hybridized carbons (Fsp3) is 0.911. The van der Waals surface area contributed by atoms with E-state index in [-0.39, 0.29) is 18.9 Å². The van der Waals surface area contributed by atoms with Gasteiger partial charge in [0.2, 0.25) is 5.91 Å². The molecule has 2 heterocycles. The molecular formula is C79H149NO13. The van der Waals surface area contributed by atoms with Crippen LogP contribution in [0.3, 0.4) is 0 Å². The topological polar surface area (TPSA) is 228 Å². The average Bonchev–Trinajstić information content (AvgIpc) is 0.845. The Hall–Kier alpha value is -1.79. The van der Waals surface area contributed by atoms with Crippen LogP contribution in [0.1, 0.15) is 367 Å². The summed E-state index contributed by atoms with van der Waals surface area (Å²) in [5, 5.41) is 87.6. The molecule has 9 N–H and O–H groups in total. The van der Waals surface area contributed by atoms with Crippen molar-refractivity contribution in [3.05, 3.63) is 36.5 Å². The molecule has 0 bridgehead atoms. The highest BCUT2D eigenvalue weighted by atomic mass is 16.7. The second kappa shape index (κ2) is 63.6. The average molecular weight is 1320 g/mol. The lowest BCUT2D eigenvalue weighted by molar-refractivity contribution is -0.359. The Bertz CT molecular complexity index is 1700. The predicted molar refractivity (Wildman–Crippen MR) is 383 cm³/mol. The van der Waals surface area contributed by atoms with Gasteiger partial charge in [-0.05, 0) is 44.9 Å². The number of unbranched alkanes of at least 4 members (excludes halogenated alkanes) is 50. The Morgan fingerprint density at radius 3 is 1.05 bits per heavy atom. The zero-order valence-electron chi connectivity index (χ0n) is 60.0. The SMILES string of the molecule is CCCCCCCCCCCCCCCCCCCCC/C=C/CC/C=C/CC/C=C/C(O)C(COC1OC(CO)C(OC2OC(CO)C(O)C(O)C2O)C(O)C1O)NC(=O)CCCCCCCCCCCCCCCCCCCCCCCCCCCCCCCC. The minimum absolute atomic E-state index is 0.245. The number of nitrogens with one attached hydrogen (secondary N) is 1. The molecule has 0 radical (unpaired) electrons. The number of carbonyl (C=O) groups excluding carboxylic acids is 1. The molecule has 2 saturated heterocycles. The zero-order valence-corrected chi connectivity index (χ0v) is 60.0. The monoisotopic (exact) mass is 1320 g/mol. The van der Waals surface area contributed by atoms with Gasteiger partial charge >= 0.3 is 0 Å². The zero-order chi connectivity index (χ0) is 67.3. The fourth-order valence-electron chi connectivity index (χ4n) is 13.3. The largest absolute Gasteiger partial charge is 0.394 e. The Balaban J connectivity index is 1.64. The highest BCUT2D eigenvalue weighted by Crippen LogP contribution is 2.30. The highest BCUT2D eigenvalue weighted by Gasteiger charge is 2.51. The van der Waals surface area contributed by atoms with E-state index in [2.05, 4.69) is 43.5 Å². The number of hydrogen-bond donors (Lipinski definition) is 9. The third kappa shape index (κ3) is 47.0. The first-order valence-electron chi connectivity index (χ1n) is 39.7. The molecule has 14 nitrogen and oxygen atoms in total. The van der Waals surface area contributed by atoms with E-state index in [4.69, 9.17) is 18.9 Å². The summed E-state index contributed by atoms with van der Waals surface area (Å²) in [5.41, 5.74) is 0. The number of allylic oxidation sites excluding steroid dienone is 5. The van der Waals surface area contributed by atoms with Crippen LogP contribution < -0.4 is 5.32 Å². The second-order valence-corrected chi connectivity index (χ2v) is 28.2. The fourth-order valence-corrected chi connectivity index (χ4v) is 13.3. The van der Waals surface area contributed by atoms with E-state index in [0.717, 1.165) is 44.9 Å². The van der Waals surface area contributed by atoms with Gasteiger partial charge in [0.05, 0.1) is 32.0 Å². The van der Waals surface area contributed by atoms with E-state index in [1.165, 1.54) is 289 Å². The maximum absolute atomic E-state index is 13.4. The van der Waals surface area contributed by atoms with Crippen LogP contribution in [0.2, 0.25) is 0 Å². The summed E-state index contributed by atoms with van der Waals surface area (Å²) in [7, 11) is 0. The van der Waals surface area contributed by atoms with Gasteiger partial charge in [-0.1, -0.05) is 352 Å². The Morgan fingerprint density at radius 2 is 0.688 bits per heavy atom. The summed E-state index contributed by atoms with van der Waals surface area (Å²) >= 11 is 0. The molecule has 548 valence electrons. The number of aliphatic hydroxyl groups excluding tert-OH is 8. The van der Waals surface area contributed by atoms with Crippen LogP contribution in [0.4, 0.5) is 0 Å². The van der Waals surface area contributed by atoms with E-state index in [1.54, 1.807) is 6.08 Å². The molecule has 0 aromatic rings. The molecule has 0 aromatic heterocycles. The van der Waals surface area contributed by atoms with Gasteiger partial charge in [0.25, 0.3) is 0 Å². The summed E-state index contributed by atoms with van der Waals surface area (Å²) in [5.74, 6) is -0.245. The number of rotatable bonds is 67. The van der Waals surface area contributed by atoms with Gasteiger partial charge in [-0.3, -0.25) is 4.79 Å². The lowest BCUT2D eigenvalue weighted by Crippen LogP contribution is -2.65. The van der Waals surface area contributed by atoms with Gasteiger partial charge in [0, 0.05) is 6.42 Å². The number of hydrogen-bond acceptors (Lipinski definition) is 13. The van der Waals surface area contributed by atoms with E-state index in [9.17, 15) is 45.6 Å². The van der Waals surface area contributed by atoms with Gasteiger partial charge in [0.15, 0.2) is 12.6 Å². The standard InChI is InChI=1S/C79H149NO13/c1-3-5-7-9-11-13-15-17-19-21-23-25-27-29-31-33-35-37-39-41-43-45-47-49-51-53-55-57-59-61-63-71(84)80-67(66-90-78-76(89)74(87)77(70(65-82)92-78)93-79-75(88)73(86)72(85)69(64-81)91-79)68(83)62-60-58-56-54-52-50-48-46-44-42-40-38-36-34-32-30-28-26-24-22-20-18-16-14-12-10-8-6-4-2/h44,46,52,54,60,62,67-70,72-79,81-83,85-89H,3-43,45,47-51,53,55-59,61,63-66H2,1-2H3,(H,80,84)/b46-44+,54-52+,62-60+. The molecule has 93 heavy (non-hydrogen) atoms. The molecule has 2 aliphatic rings. The van der Waals surface area contributed by atoms with E-state index >= 15 is 0 Å². The summed E-state index contributed by atoms with van der Waals surface area (Å²) in [4.78, 5) is 13.4. The molecule has 0 aliphatic carbocycles. The van der Waals surface area contributed by atoms with Crippen molar-refractivity contribution in [3.8, 4) is 0 Å². The smallest absolute Gasteiger partial charge is 0.220 e. The van der Waals surface area contributed by atoms with Crippen molar-refractivity contribution in [2.24, 2.45) is 0 Å².